The number of aromatic nitrogens is 1. The van der Waals surface area contributed by atoms with Crippen LogP contribution in [0.5, 0.6) is 0 Å². The first kappa shape index (κ1) is 10.3. The first-order valence-electron chi connectivity index (χ1n) is 4.81. The van der Waals surface area contributed by atoms with E-state index < -0.39 is 0 Å². The van der Waals surface area contributed by atoms with Gasteiger partial charge < -0.3 is 4.42 Å². The van der Waals surface area contributed by atoms with Gasteiger partial charge in [0.2, 0.25) is 5.89 Å². The molecular weight excluding hydrogens is 204 g/mol. The van der Waals surface area contributed by atoms with Gasteiger partial charge in [-0.25, -0.2) is 4.98 Å². The molecule has 0 bridgehead atoms. The summed E-state index contributed by atoms with van der Waals surface area (Å²) >= 11 is 0. The third kappa shape index (κ3) is 1.76. The predicted molar refractivity (Wildman–Crippen MR) is 60.2 cm³/mol. The lowest BCUT2D eigenvalue weighted by Gasteiger charge is -1.98. The van der Waals surface area contributed by atoms with E-state index in [1.54, 1.807) is 12.1 Å². The maximum atomic E-state index is 8.46. The molecule has 0 radical (unpaired) electrons. The molecule has 1 aromatic carbocycles. The van der Waals surface area contributed by atoms with E-state index in [2.05, 4.69) is 15.0 Å². The molecule has 0 amide bonds. The number of hydrogen-bond donors (Lipinski definition) is 0. The zero-order valence-corrected chi connectivity index (χ0v) is 9.01. The highest BCUT2D eigenvalue weighted by molar-refractivity contribution is 5.69. The Hall–Kier alpha value is -2.26. The fourth-order valence-electron chi connectivity index (χ4n) is 1.38. The van der Waals surface area contributed by atoms with Gasteiger partial charge in [-0.1, -0.05) is 23.3 Å². The summed E-state index contributed by atoms with van der Waals surface area (Å²) < 4.78 is 5.49. The van der Waals surface area contributed by atoms with Crippen LogP contribution in [0.4, 0.5) is 5.69 Å². The van der Waals surface area contributed by atoms with E-state index in [1.807, 2.05) is 26.0 Å². The summed E-state index contributed by atoms with van der Waals surface area (Å²) in [6.45, 7) is 3.72. The summed E-state index contributed by atoms with van der Waals surface area (Å²) in [4.78, 5) is 7.05. The second-order valence-corrected chi connectivity index (χ2v) is 3.37. The lowest BCUT2D eigenvalue weighted by atomic mass is 10.2. The Labute approximate surface area is 92.4 Å². The molecule has 0 unspecified atom stereocenters. The van der Waals surface area contributed by atoms with Crippen molar-refractivity contribution in [1.29, 1.82) is 0 Å². The van der Waals surface area contributed by atoms with E-state index in [9.17, 15) is 0 Å². The normalized spacial score (nSPS) is 9.88. The van der Waals surface area contributed by atoms with Crippen molar-refractivity contribution in [2.24, 2.45) is 5.11 Å². The first-order valence-corrected chi connectivity index (χ1v) is 4.81. The average molecular weight is 214 g/mol. The van der Waals surface area contributed by atoms with Gasteiger partial charge in [-0.15, -0.1) is 0 Å². The van der Waals surface area contributed by atoms with Crippen molar-refractivity contribution < 1.29 is 4.42 Å². The fourth-order valence-corrected chi connectivity index (χ4v) is 1.38. The molecule has 0 saturated carbocycles. The van der Waals surface area contributed by atoms with Crippen LogP contribution in [0.1, 0.15) is 11.5 Å². The molecule has 0 aliphatic heterocycles. The molecule has 0 aliphatic rings. The smallest absolute Gasteiger partial charge is 0.226 e. The molecule has 2 rings (SSSR count). The summed E-state index contributed by atoms with van der Waals surface area (Å²) in [7, 11) is 0. The van der Waals surface area contributed by atoms with Crippen LogP contribution in [-0.4, -0.2) is 4.98 Å². The van der Waals surface area contributed by atoms with E-state index in [1.165, 1.54) is 0 Å². The maximum Gasteiger partial charge on any atom is 0.226 e. The molecule has 0 saturated heterocycles. The zero-order valence-electron chi connectivity index (χ0n) is 9.01. The lowest BCUT2D eigenvalue weighted by molar-refractivity contribution is 0.541. The number of azide groups is 1. The van der Waals surface area contributed by atoms with Crippen molar-refractivity contribution >= 4 is 5.69 Å². The van der Waals surface area contributed by atoms with Gasteiger partial charge in [-0.2, -0.15) is 0 Å². The van der Waals surface area contributed by atoms with Gasteiger partial charge >= 0.3 is 0 Å². The van der Waals surface area contributed by atoms with Gasteiger partial charge in [0.05, 0.1) is 11.4 Å². The van der Waals surface area contributed by atoms with Crippen LogP contribution in [0.2, 0.25) is 0 Å². The molecular formula is C11H10N4O. The molecule has 1 aromatic heterocycles. The number of oxazole rings is 1. The van der Waals surface area contributed by atoms with Crippen LogP contribution in [-0.2, 0) is 0 Å². The topological polar surface area (TPSA) is 74.8 Å². The van der Waals surface area contributed by atoms with E-state index in [4.69, 9.17) is 9.95 Å². The highest BCUT2D eigenvalue weighted by Crippen LogP contribution is 2.30. The van der Waals surface area contributed by atoms with Crippen molar-refractivity contribution in [1.82, 2.24) is 4.98 Å². The Bertz CT molecular complexity index is 548. The second-order valence-electron chi connectivity index (χ2n) is 3.37. The highest BCUT2D eigenvalue weighted by Gasteiger charge is 2.10. The Kier molecular flexibility index (Phi) is 2.62. The van der Waals surface area contributed by atoms with Gasteiger partial charge in [-0.3, -0.25) is 0 Å². The first-order chi connectivity index (χ1) is 7.72. The van der Waals surface area contributed by atoms with Crippen LogP contribution in [0, 0.1) is 13.8 Å². The molecule has 80 valence electrons. The van der Waals surface area contributed by atoms with E-state index in [0.717, 1.165) is 11.5 Å². The predicted octanol–water partition coefficient (Wildman–Crippen LogP) is 3.90. The number of rotatable bonds is 2. The minimum atomic E-state index is 0.484. The monoisotopic (exact) mass is 214 g/mol. The SMILES string of the molecule is Cc1nc(-c2ccccc2N=[N+]=[N-])oc1C. The number of aryl methyl sites for hydroxylation is 2. The molecule has 0 fully saturated rings. The Morgan fingerprint density at radius 3 is 2.69 bits per heavy atom. The summed E-state index contributed by atoms with van der Waals surface area (Å²) in [6.07, 6.45) is 0. The summed E-state index contributed by atoms with van der Waals surface area (Å²) in [5.74, 6) is 1.25. The minimum Gasteiger partial charge on any atom is -0.441 e. The number of nitrogens with zero attached hydrogens (tertiary/aromatic N) is 4. The molecule has 0 N–H and O–H groups in total. The maximum absolute atomic E-state index is 8.46. The van der Waals surface area contributed by atoms with Crippen molar-refractivity contribution in [2.75, 3.05) is 0 Å². The van der Waals surface area contributed by atoms with Crippen LogP contribution < -0.4 is 0 Å². The van der Waals surface area contributed by atoms with Gasteiger partial charge in [0, 0.05) is 10.5 Å². The molecule has 0 spiro atoms. The van der Waals surface area contributed by atoms with Crippen molar-refractivity contribution in [3.8, 4) is 11.5 Å². The van der Waals surface area contributed by atoms with Gasteiger partial charge in [0.1, 0.15) is 5.76 Å². The van der Waals surface area contributed by atoms with Crippen LogP contribution in [0.3, 0.4) is 0 Å². The molecule has 0 atom stereocenters. The third-order valence-electron chi connectivity index (χ3n) is 2.32. The zero-order chi connectivity index (χ0) is 11.5. The lowest BCUT2D eigenvalue weighted by Crippen LogP contribution is -1.78. The summed E-state index contributed by atoms with van der Waals surface area (Å²) in [6, 6.07) is 7.19. The minimum absolute atomic E-state index is 0.484. The highest BCUT2D eigenvalue weighted by atomic mass is 16.4. The second kappa shape index (κ2) is 4.08. The van der Waals surface area contributed by atoms with Crippen LogP contribution in [0.25, 0.3) is 21.9 Å². The van der Waals surface area contributed by atoms with Crippen LogP contribution in [0.15, 0.2) is 33.8 Å². The van der Waals surface area contributed by atoms with E-state index in [-0.39, 0.29) is 0 Å². The quantitative estimate of drug-likeness (QED) is 0.432. The van der Waals surface area contributed by atoms with Crippen molar-refractivity contribution in [3.05, 3.63) is 46.2 Å². The molecule has 2 aromatic rings. The standard InChI is InChI=1S/C11H10N4O/c1-7-8(2)16-11(13-7)9-5-3-4-6-10(9)14-15-12/h3-6H,1-2H3. The van der Waals surface area contributed by atoms with E-state index >= 15 is 0 Å². The number of benzene rings is 1. The molecule has 16 heavy (non-hydrogen) atoms. The Morgan fingerprint density at radius 1 is 1.31 bits per heavy atom. The van der Waals surface area contributed by atoms with Crippen molar-refractivity contribution in [3.63, 3.8) is 0 Å². The van der Waals surface area contributed by atoms with E-state index in [0.29, 0.717) is 17.1 Å². The molecule has 0 aliphatic carbocycles. The number of hydrogen-bond acceptors (Lipinski definition) is 3. The summed E-state index contributed by atoms with van der Waals surface area (Å²) in [5, 5.41) is 3.60. The molecule has 5 nitrogen and oxygen atoms in total. The Morgan fingerprint density at radius 2 is 2.06 bits per heavy atom. The molecule has 5 heteroatoms. The third-order valence-corrected chi connectivity index (χ3v) is 2.32. The molecule has 1 heterocycles. The average Bonchev–Trinajstić information content (AvgIpc) is 2.60. The fraction of sp³-hybridized carbons (Fsp3) is 0.182. The Balaban J connectivity index is 2.59. The van der Waals surface area contributed by atoms with Crippen molar-refractivity contribution in [2.45, 2.75) is 13.8 Å². The van der Waals surface area contributed by atoms with Gasteiger partial charge in [0.15, 0.2) is 0 Å². The van der Waals surface area contributed by atoms with Gasteiger partial charge in [-0.05, 0) is 25.4 Å². The van der Waals surface area contributed by atoms with Crippen LogP contribution >= 0.6 is 0 Å². The largest absolute Gasteiger partial charge is 0.441 e. The summed E-state index contributed by atoms with van der Waals surface area (Å²) in [5.41, 5.74) is 10.5. The van der Waals surface area contributed by atoms with Gasteiger partial charge in [0.25, 0.3) is 0 Å².